The molecule has 0 saturated carbocycles. The first-order chi connectivity index (χ1) is 18.4. The first-order valence-electron chi connectivity index (χ1n) is 13.3. The summed E-state index contributed by atoms with van der Waals surface area (Å²) in [5.41, 5.74) is 0.584. The standard InChI is InChI=1S/C28H29F3N6O/c1-36-8-2-3-18(36)14-38-28-34-26-20(27(35-28)37-12-16-5-6-17(13-37)33-16)10-22(30)24(25(26)31)21-11-32-23-9-15(29)4-7-19(21)23/h4,7,9-11,16-18,32-33H,2-3,5-6,8,12-14H2,1H3/t16-,17+,18-/m0/s1. The molecule has 3 aliphatic heterocycles. The molecule has 0 amide bonds. The van der Waals surface area contributed by atoms with Crippen LogP contribution in [0.15, 0.2) is 30.5 Å². The predicted octanol–water partition coefficient (Wildman–Crippen LogP) is 4.61. The summed E-state index contributed by atoms with van der Waals surface area (Å²) in [6.45, 7) is 2.81. The zero-order chi connectivity index (χ0) is 26.0. The Morgan fingerprint density at radius 2 is 1.84 bits per heavy atom. The second-order valence-electron chi connectivity index (χ2n) is 10.8. The fourth-order valence-corrected chi connectivity index (χ4v) is 6.35. The Balaban J connectivity index is 1.36. The van der Waals surface area contributed by atoms with Crippen LogP contribution < -0.4 is 15.0 Å². The lowest BCUT2D eigenvalue weighted by molar-refractivity contribution is 0.188. The van der Waals surface area contributed by atoms with Crippen LogP contribution in [0.1, 0.15) is 25.7 Å². The van der Waals surface area contributed by atoms with Crippen LogP contribution in [0.5, 0.6) is 6.01 Å². The normalized spacial score (nSPS) is 23.7. The average molecular weight is 523 g/mol. The summed E-state index contributed by atoms with van der Waals surface area (Å²) in [4.78, 5) is 16.4. The molecule has 38 heavy (non-hydrogen) atoms. The molecule has 7 nitrogen and oxygen atoms in total. The van der Waals surface area contributed by atoms with Gasteiger partial charge in [0.15, 0.2) is 5.82 Å². The smallest absolute Gasteiger partial charge is 0.319 e. The fourth-order valence-electron chi connectivity index (χ4n) is 6.35. The Morgan fingerprint density at radius 3 is 2.61 bits per heavy atom. The lowest BCUT2D eigenvalue weighted by atomic mass is 10.0. The second-order valence-corrected chi connectivity index (χ2v) is 10.8. The molecule has 0 unspecified atom stereocenters. The minimum absolute atomic E-state index is 0.0171. The summed E-state index contributed by atoms with van der Waals surface area (Å²) in [5.74, 6) is -1.44. The summed E-state index contributed by atoms with van der Waals surface area (Å²) < 4.78 is 51.8. The van der Waals surface area contributed by atoms with Crippen LogP contribution in [-0.4, -0.2) is 71.3 Å². The molecule has 10 heteroatoms. The highest BCUT2D eigenvalue weighted by molar-refractivity contribution is 6.00. The zero-order valence-electron chi connectivity index (χ0n) is 21.1. The monoisotopic (exact) mass is 522 g/mol. The minimum atomic E-state index is -0.783. The van der Waals surface area contributed by atoms with Crippen molar-refractivity contribution in [3.63, 3.8) is 0 Å². The van der Waals surface area contributed by atoms with E-state index < -0.39 is 17.5 Å². The molecule has 2 aromatic carbocycles. The number of nitrogens with one attached hydrogen (secondary N) is 2. The number of anilines is 1. The first kappa shape index (κ1) is 23.7. The molecule has 0 radical (unpaired) electrons. The van der Waals surface area contributed by atoms with Gasteiger partial charge in [-0.1, -0.05) is 0 Å². The van der Waals surface area contributed by atoms with Crippen LogP contribution >= 0.6 is 0 Å². The Kier molecular flexibility index (Phi) is 5.70. The Hall–Kier alpha value is -3.37. The molecule has 7 rings (SSSR count). The van der Waals surface area contributed by atoms with Gasteiger partial charge in [-0.2, -0.15) is 9.97 Å². The number of rotatable bonds is 5. The van der Waals surface area contributed by atoms with E-state index in [2.05, 4.69) is 32.1 Å². The molecule has 3 saturated heterocycles. The molecule has 3 aliphatic rings. The number of nitrogens with zero attached hydrogens (tertiary/aromatic N) is 4. The van der Waals surface area contributed by atoms with Crippen molar-refractivity contribution in [1.82, 2.24) is 25.2 Å². The van der Waals surface area contributed by atoms with E-state index in [4.69, 9.17) is 9.72 Å². The molecule has 198 valence electrons. The van der Waals surface area contributed by atoms with E-state index in [-0.39, 0.29) is 23.1 Å². The van der Waals surface area contributed by atoms with Gasteiger partial charge >= 0.3 is 6.01 Å². The van der Waals surface area contributed by atoms with E-state index >= 15 is 8.78 Å². The molecular weight excluding hydrogens is 493 g/mol. The third-order valence-corrected chi connectivity index (χ3v) is 8.35. The number of hydrogen-bond donors (Lipinski definition) is 2. The predicted molar refractivity (Wildman–Crippen MR) is 140 cm³/mol. The van der Waals surface area contributed by atoms with Crippen LogP contribution in [0.2, 0.25) is 0 Å². The fraction of sp³-hybridized carbons (Fsp3) is 0.429. The van der Waals surface area contributed by atoms with Gasteiger partial charge in [0.2, 0.25) is 0 Å². The van der Waals surface area contributed by atoms with Gasteiger partial charge in [0, 0.05) is 59.3 Å². The molecule has 0 aliphatic carbocycles. The van der Waals surface area contributed by atoms with E-state index in [0.29, 0.717) is 59.5 Å². The van der Waals surface area contributed by atoms with E-state index in [1.807, 2.05) is 0 Å². The van der Waals surface area contributed by atoms with Crippen molar-refractivity contribution in [2.75, 3.05) is 38.2 Å². The maximum absolute atomic E-state index is 16.3. The van der Waals surface area contributed by atoms with Crippen molar-refractivity contribution in [2.45, 2.75) is 43.8 Å². The van der Waals surface area contributed by atoms with Crippen molar-refractivity contribution in [3.8, 4) is 17.1 Å². The van der Waals surface area contributed by atoms with Gasteiger partial charge < -0.3 is 24.8 Å². The minimum Gasteiger partial charge on any atom is -0.462 e. The molecule has 3 atom stereocenters. The Morgan fingerprint density at radius 1 is 1.03 bits per heavy atom. The number of likely N-dealkylation sites (tertiary alicyclic amines) is 1. The lowest BCUT2D eigenvalue weighted by Crippen LogP contribution is -2.51. The number of halogens is 3. The summed E-state index contributed by atoms with van der Waals surface area (Å²) in [6, 6.07) is 6.40. The maximum atomic E-state index is 16.3. The van der Waals surface area contributed by atoms with Gasteiger partial charge in [0.1, 0.15) is 29.6 Å². The number of ether oxygens (including phenoxy) is 1. The first-order valence-corrected chi connectivity index (χ1v) is 13.3. The number of aromatic amines is 1. The largest absolute Gasteiger partial charge is 0.462 e. The number of aromatic nitrogens is 3. The summed E-state index contributed by atoms with van der Waals surface area (Å²) >= 11 is 0. The topological polar surface area (TPSA) is 69.3 Å². The van der Waals surface area contributed by atoms with E-state index in [1.54, 1.807) is 0 Å². The van der Waals surface area contributed by atoms with Gasteiger partial charge in [-0.3, -0.25) is 0 Å². The summed E-state index contributed by atoms with van der Waals surface area (Å²) in [5, 5.41) is 4.44. The Labute approximate surface area is 218 Å². The number of piperazine rings is 1. The van der Waals surface area contributed by atoms with Crippen molar-refractivity contribution in [2.24, 2.45) is 0 Å². The van der Waals surface area contributed by atoms with Crippen LogP contribution in [0.4, 0.5) is 19.0 Å². The van der Waals surface area contributed by atoms with Crippen molar-refractivity contribution in [1.29, 1.82) is 0 Å². The molecule has 2 bridgehead atoms. The van der Waals surface area contributed by atoms with E-state index in [9.17, 15) is 4.39 Å². The molecular formula is C28H29F3N6O. The molecule has 2 N–H and O–H groups in total. The number of benzene rings is 2. The number of fused-ring (bicyclic) bond motifs is 4. The van der Waals surface area contributed by atoms with E-state index in [1.165, 1.54) is 30.5 Å². The highest BCUT2D eigenvalue weighted by Crippen LogP contribution is 2.39. The van der Waals surface area contributed by atoms with Crippen LogP contribution in [0, 0.1) is 17.5 Å². The van der Waals surface area contributed by atoms with Gasteiger partial charge in [-0.15, -0.1) is 0 Å². The highest BCUT2D eigenvalue weighted by atomic mass is 19.1. The third kappa shape index (κ3) is 3.97. The van der Waals surface area contributed by atoms with Crippen LogP contribution in [0.3, 0.4) is 0 Å². The molecule has 3 fully saturated rings. The van der Waals surface area contributed by atoms with Crippen LogP contribution in [0.25, 0.3) is 32.9 Å². The quantitative estimate of drug-likeness (QED) is 0.399. The highest BCUT2D eigenvalue weighted by Gasteiger charge is 2.34. The number of H-pyrrole nitrogens is 1. The zero-order valence-corrected chi connectivity index (χ0v) is 21.1. The summed E-state index contributed by atoms with van der Waals surface area (Å²) in [7, 11) is 2.06. The van der Waals surface area contributed by atoms with Crippen LogP contribution in [-0.2, 0) is 0 Å². The SMILES string of the molecule is CN1CCC[C@H]1COc1nc(N2C[C@H]3CC[C@@H](C2)N3)c2cc(F)c(-c3c[nH]c4cc(F)ccc34)c(F)c2n1. The van der Waals surface area contributed by atoms with Gasteiger partial charge in [-0.25, -0.2) is 13.2 Å². The molecule has 5 heterocycles. The van der Waals surface area contributed by atoms with Crippen molar-refractivity contribution >= 4 is 27.6 Å². The Bertz CT molecular complexity index is 1530. The molecule has 4 aromatic rings. The third-order valence-electron chi connectivity index (χ3n) is 8.35. The maximum Gasteiger partial charge on any atom is 0.319 e. The number of likely N-dealkylation sites (N-methyl/N-ethyl adjacent to an activating group) is 1. The van der Waals surface area contributed by atoms with Crippen molar-refractivity contribution in [3.05, 3.63) is 47.9 Å². The molecule has 2 aromatic heterocycles. The lowest BCUT2D eigenvalue weighted by Gasteiger charge is -2.34. The van der Waals surface area contributed by atoms with E-state index in [0.717, 1.165) is 32.2 Å². The van der Waals surface area contributed by atoms with Crippen molar-refractivity contribution < 1.29 is 17.9 Å². The second kappa shape index (κ2) is 9.13. The van der Waals surface area contributed by atoms with Gasteiger partial charge in [0.05, 0.1) is 5.56 Å². The van der Waals surface area contributed by atoms with Gasteiger partial charge in [-0.05, 0) is 63.5 Å². The summed E-state index contributed by atoms with van der Waals surface area (Å²) in [6.07, 6.45) is 5.75. The van der Waals surface area contributed by atoms with Gasteiger partial charge in [0.25, 0.3) is 0 Å². The average Bonchev–Trinajstić information content (AvgIpc) is 3.60. The number of hydrogen-bond acceptors (Lipinski definition) is 6. The molecule has 0 spiro atoms.